The Labute approximate surface area is 94.5 Å². The molecule has 72 valence electrons. The normalized spacial score (nSPS) is 8.00. The first-order valence-electron chi connectivity index (χ1n) is 3.99. The van der Waals surface area contributed by atoms with E-state index in [0.29, 0.717) is 0 Å². The molecular weight excluding hydrogens is 180 g/mol. The minimum atomic E-state index is -0.611. The van der Waals surface area contributed by atoms with Crippen molar-refractivity contribution in [1.29, 1.82) is 0 Å². The molecule has 0 unspecified atom stereocenters. The molecule has 0 amide bonds. The smallest absolute Gasteiger partial charge is 0.855 e. The van der Waals surface area contributed by atoms with Crippen LogP contribution in [0.25, 0.3) is 0 Å². The van der Waals surface area contributed by atoms with E-state index in [1.807, 2.05) is 0 Å². The van der Waals surface area contributed by atoms with Crippen LogP contribution in [0.15, 0.2) is 0 Å². The van der Waals surface area contributed by atoms with Crippen LogP contribution in [0.1, 0.15) is 13.8 Å². The standard InChI is InChI=1S/C4H12Si.2C2H5O.Mg/c1-5(2,3)4;2*1-2-3;/h1-4H3;2*2H2,1H3;/q;2*-1;+2. The maximum absolute atomic E-state index is 8.93. The maximum atomic E-state index is 8.93. The molecule has 0 radical (unpaired) electrons. The van der Waals surface area contributed by atoms with Crippen LogP contribution in [0, 0.1) is 0 Å². The first-order valence-corrected chi connectivity index (χ1v) is 7.99. The van der Waals surface area contributed by atoms with Gasteiger partial charge in [-0.2, -0.15) is 0 Å². The molecule has 0 saturated heterocycles. The van der Waals surface area contributed by atoms with E-state index in [2.05, 4.69) is 26.2 Å². The summed E-state index contributed by atoms with van der Waals surface area (Å²) in [6, 6.07) is 0. The van der Waals surface area contributed by atoms with Crippen molar-refractivity contribution in [2.75, 3.05) is 13.2 Å². The fraction of sp³-hybridized carbons (Fsp3) is 1.00. The van der Waals surface area contributed by atoms with E-state index in [1.54, 1.807) is 13.8 Å². The Kier molecular flexibility index (Phi) is 34.3. The Morgan fingerprint density at radius 2 is 0.833 bits per heavy atom. The SMILES string of the molecule is CC[O-].CC[O-].C[Si](C)(C)C.[Mg+2]. The predicted molar refractivity (Wildman–Crippen MR) is 56.0 cm³/mol. The second-order valence-electron chi connectivity index (χ2n) is 3.58. The minimum Gasteiger partial charge on any atom is -0.855 e. The van der Waals surface area contributed by atoms with Crippen LogP contribution < -0.4 is 10.2 Å². The third-order valence-corrected chi connectivity index (χ3v) is 0. The van der Waals surface area contributed by atoms with Crippen molar-refractivity contribution in [3.63, 3.8) is 0 Å². The van der Waals surface area contributed by atoms with Gasteiger partial charge in [-0.1, -0.05) is 40.0 Å². The summed E-state index contributed by atoms with van der Waals surface area (Å²) in [6.45, 7) is 12.4. The zero-order valence-electron chi connectivity index (χ0n) is 9.44. The van der Waals surface area contributed by atoms with Crippen molar-refractivity contribution in [2.24, 2.45) is 0 Å². The fourth-order valence-corrected chi connectivity index (χ4v) is 0. The Hall–Kier alpha value is 0.903. The molecule has 0 aromatic rings. The van der Waals surface area contributed by atoms with Crippen molar-refractivity contribution >= 4 is 31.1 Å². The van der Waals surface area contributed by atoms with Gasteiger partial charge in [0.05, 0.1) is 0 Å². The second kappa shape index (κ2) is 17.9. The van der Waals surface area contributed by atoms with Crippen LogP contribution in [0.4, 0.5) is 0 Å². The molecule has 0 aliphatic carbocycles. The molecular formula is C8H22MgO2Si. The summed E-state index contributed by atoms with van der Waals surface area (Å²) in [7, 11) is -0.611. The molecule has 4 heteroatoms. The Morgan fingerprint density at radius 3 is 0.833 bits per heavy atom. The molecule has 0 rings (SSSR count). The van der Waals surface area contributed by atoms with Gasteiger partial charge in [-0.3, -0.25) is 0 Å². The minimum absolute atomic E-state index is 0. The van der Waals surface area contributed by atoms with Crippen LogP contribution in [0.2, 0.25) is 26.2 Å². The summed E-state index contributed by atoms with van der Waals surface area (Å²) in [5.74, 6) is 0. The summed E-state index contributed by atoms with van der Waals surface area (Å²) in [6.07, 6.45) is 0. The second-order valence-corrected chi connectivity index (χ2v) is 9.58. The summed E-state index contributed by atoms with van der Waals surface area (Å²) < 4.78 is 0. The summed E-state index contributed by atoms with van der Waals surface area (Å²) in [4.78, 5) is 0. The third kappa shape index (κ3) is 1310. The molecule has 0 spiro atoms. The summed E-state index contributed by atoms with van der Waals surface area (Å²) in [5, 5.41) is 17.9. The summed E-state index contributed by atoms with van der Waals surface area (Å²) in [5.41, 5.74) is 0. The molecule has 0 bridgehead atoms. The zero-order chi connectivity index (χ0) is 9.91. The van der Waals surface area contributed by atoms with E-state index in [4.69, 9.17) is 10.2 Å². The molecule has 0 aliphatic heterocycles. The van der Waals surface area contributed by atoms with Crippen molar-refractivity contribution in [3.8, 4) is 0 Å². The van der Waals surface area contributed by atoms with Crippen molar-refractivity contribution < 1.29 is 10.2 Å². The van der Waals surface area contributed by atoms with E-state index >= 15 is 0 Å². The quantitative estimate of drug-likeness (QED) is 0.531. The van der Waals surface area contributed by atoms with Gasteiger partial charge in [-0.05, 0) is 0 Å². The topological polar surface area (TPSA) is 46.1 Å². The van der Waals surface area contributed by atoms with Crippen LogP contribution in [-0.4, -0.2) is 44.3 Å². The van der Waals surface area contributed by atoms with Gasteiger partial charge in [0, 0.05) is 8.07 Å². The van der Waals surface area contributed by atoms with Crippen molar-refractivity contribution in [2.45, 2.75) is 40.0 Å². The first-order chi connectivity index (χ1) is 4.83. The average molecular weight is 203 g/mol. The van der Waals surface area contributed by atoms with E-state index in [1.165, 1.54) is 0 Å². The van der Waals surface area contributed by atoms with Gasteiger partial charge in [0.25, 0.3) is 0 Å². The van der Waals surface area contributed by atoms with Gasteiger partial charge < -0.3 is 10.2 Å². The van der Waals surface area contributed by atoms with Crippen LogP contribution in [0.5, 0.6) is 0 Å². The maximum Gasteiger partial charge on any atom is 2.00 e. The molecule has 0 aromatic heterocycles. The molecule has 0 aliphatic rings. The zero-order valence-corrected chi connectivity index (χ0v) is 11.9. The largest absolute Gasteiger partial charge is 2.00 e. The van der Waals surface area contributed by atoms with Crippen LogP contribution in [-0.2, 0) is 0 Å². The molecule has 0 heterocycles. The van der Waals surface area contributed by atoms with E-state index in [9.17, 15) is 0 Å². The third-order valence-electron chi connectivity index (χ3n) is 0. The number of hydrogen-bond acceptors (Lipinski definition) is 2. The van der Waals surface area contributed by atoms with Crippen LogP contribution >= 0.6 is 0 Å². The monoisotopic (exact) mass is 202 g/mol. The molecule has 0 N–H and O–H groups in total. The van der Waals surface area contributed by atoms with Gasteiger partial charge in [-0.15, -0.1) is 13.2 Å². The van der Waals surface area contributed by atoms with E-state index in [-0.39, 0.29) is 36.3 Å². The molecule has 2 nitrogen and oxygen atoms in total. The molecule has 12 heavy (non-hydrogen) atoms. The summed E-state index contributed by atoms with van der Waals surface area (Å²) >= 11 is 0. The predicted octanol–water partition coefficient (Wildman–Crippen LogP) is 0.307. The molecule has 0 aromatic carbocycles. The molecule has 0 saturated carbocycles. The Bertz CT molecular complexity index is 47.5. The van der Waals surface area contributed by atoms with Gasteiger partial charge in [-0.25, -0.2) is 0 Å². The number of hydrogen-bond donors (Lipinski definition) is 0. The Balaban J connectivity index is -0.0000000406. The van der Waals surface area contributed by atoms with E-state index in [0.717, 1.165) is 0 Å². The number of rotatable bonds is 0. The van der Waals surface area contributed by atoms with Crippen molar-refractivity contribution in [3.05, 3.63) is 0 Å². The Morgan fingerprint density at radius 1 is 0.833 bits per heavy atom. The van der Waals surface area contributed by atoms with Gasteiger partial charge >= 0.3 is 23.1 Å². The first kappa shape index (κ1) is 23.1. The van der Waals surface area contributed by atoms with E-state index < -0.39 is 8.07 Å². The van der Waals surface area contributed by atoms with Crippen molar-refractivity contribution in [1.82, 2.24) is 0 Å². The van der Waals surface area contributed by atoms with Crippen LogP contribution in [0.3, 0.4) is 0 Å². The molecule has 0 atom stereocenters. The fourth-order valence-electron chi connectivity index (χ4n) is 0. The van der Waals surface area contributed by atoms with Gasteiger partial charge in [0.15, 0.2) is 0 Å². The average Bonchev–Trinajstić information content (AvgIpc) is 1.62. The van der Waals surface area contributed by atoms with Gasteiger partial charge in [0.1, 0.15) is 0 Å². The molecule has 0 fully saturated rings. The van der Waals surface area contributed by atoms with Gasteiger partial charge in [0.2, 0.25) is 0 Å².